The van der Waals surface area contributed by atoms with Crippen molar-refractivity contribution in [1.29, 1.82) is 0 Å². The van der Waals surface area contributed by atoms with Crippen molar-refractivity contribution in [3.05, 3.63) is 82.7 Å². The van der Waals surface area contributed by atoms with Gasteiger partial charge in [-0.1, -0.05) is 42.5 Å². The molecule has 144 valence electrons. The van der Waals surface area contributed by atoms with Crippen molar-refractivity contribution in [3.63, 3.8) is 0 Å². The first-order chi connectivity index (χ1) is 14.2. The Bertz CT molecular complexity index is 1290. The smallest absolute Gasteiger partial charge is 0.351 e. The first-order valence-corrected chi connectivity index (χ1v) is 9.19. The quantitative estimate of drug-likeness (QED) is 0.302. The number of benzene rings is 3. The van der Waals surface area contributed by atoms with Crippen molar-refractivity contribution in [2.45, 2.75) is 12.7 Å². The maximum atomic E-state index is 12.5. The Labute approximate surface area is 165 Å². The minimum atomic E-state index is -0.868. The van der Waals surface area contributed by atoms with Crippen LogP contribution in [0.4, 0.5) is 0 Å². The Morgan fingerprint density at radius 2 is 1.79 bits per heavy atom. The summed E-state index contributed by atoms with van der Waals surface area (Å²) in [5.74, 6) is 0.535. The van der Waals surface area contributed by atoms with Crippen LogP contribution in [0, 0.1) is 0 Å². The average molecular weight is 388 g/mol. The summed E-state index contributed by atoms with van der Waals surface area (Å²) in [5, 5.41) is 2.68. The van der Waals surface area contributed by atoms with Crippen LogP contribution in [0.1, 0.15) is 5.56 Å². The third-order valence-corrected chi connectivity index (χ3v) is 4.86. The van der Waals surface area contributed by atoms with Crippen LogP contribution < -0.4 is 15.1 Å². The van der Waals surface area contributed by atoms with E-state index >= 15 is 0 Å². The van der Waals surface area contributed by atoms with Crippen LogP contribution in [-0.4, -0.2) is 18.7 Å². The van der Waals surface area contributed by atoms with Crippen LogP contribution in [0.2, 0.25) is 0 Å². The second-order valence-electron chi connectivity index (χ2n) is 6.72. The molecule has 5 rings (SSSR count). The van der Waals surface area contributed by atoms with Crippen LogP contribution in [0.15, 0.2) is 75.9 Å². The summed E-state index contributed by atoms with van der Waals surface area (Å²) in [6.45, 7) is -0.00704. The summed E-state index contributed by atoms with van der Waals surface area (Å²) in [5.41, 5.74) is 0.539. The Hall–Kier alpha value is -3.80. The second kappa shape index (κ2) is 6.98. The van der Waals surface area contributed by atoms with Crippen LogP contribution in [0.5, 0.6) is 11.5 Å². The monoisotopic (exact) mass is 388 g/mol. The minimum Gasteiger partial charge on any atom is -0.485 e. The lowest BCUT2D eigenvalue weighted by atomic mass is 10.0. The fourth-order valence-electron chi connectivity index (χ4n) is 3.51. The second-order valence-corrected chi connectivity index (χ2v) is 6.72. The van der Waals surface area contributed by atoms with E-state index in [2.05, 4.69) is 0 Å². The van der Waals surface area contributed by atoms with Gasteiger partial charge >= 0.3 is 11.6 Å². The van der Waals surface area contributed by atoms with Gasteiger partial charge < -0.3 is 18.6 Å². The van der Waals surface area contributed by atoms with Gasteiger partial charge in [0.1, 0.15) is 18.8 Å². The number of rotatable bonds is 3. The molecule has 0 spiro atoms. The lowest BCUT2D eigenvalue weighted by Gasteiger charge is -2.25. The summed E-state index contributed by atoms with van der Waals surface area (Å²) in [7, 11) is 0. The van der Waals surface area contributed by atoms with E-state index in [4.69, 9.17) is 18.6 Å². The number of fused-ring (bicyclic) bond motifs is 4. The fourth-order valence-corrected chi connectivity index (χ4v) is 3.51. The minimum absolute atomic E-state index is 0.0659. The molecule has 1 atom stereocenters. The molecule has 0 saturated carbocycles. The molecule has 6 heteroatoms. The van der Waals surface area contributed by atoms with E-state index in [0.29, 0.717) is 22.6 Å². The SMILES string of the molecule is O=C(OCc1cc(=O)oc2ccc3ccccc3c12)C1COc2ccccc2O1. The van der Waals surface area contributed by atoms with E-state index in [1.54, 1.807) is 24.3 Å². The van der Waals surface area contributed by atoms with Crippen molar-refractivity contribution in [2.75, 3.05) is 6.61 Å². The van der Waals surface area contributed by atoms with Crippen molar-refractivity contribution in [3.8, 4) is 11.5 Å². The molecule has 0 amide bonds. The Balaban J connectivity index is 1.43. The maximum Gasteiger partial charge on any atom is 0.351 e. The Kier molecular flexibility index (Phi) is 4.17. The molecule has 2 heterocycles. The van der Waals surface area contributed by atoms with E-state index in [9.17, 15) is 9.59 Å². The van der Waals surface area contributed by atoms with Gasteiger partial charge in [0.15, 0.2) is 11.5 Å². The standard InChI is InChI=1S/C23H16O6/c24-21-11-15(22-16-6-2-1-5-14(16)9-10-19(22)29-21)12-27-23(25)20-13-26-17-7-3-4-8-18(17)28-20/h1-11,20H,12-13H2. The summed E-state index contributed by atoms with van der Waals surface area (Å²) in [6.07, 6.45) is -0.868. The van der Waals surface area contributed by atoms with E-state index in [1.807, 2.05) is 36.4 Å². The topological polar surface area (TPSA) is 75.0 Å². The molecule has 3 aromatic carbocycles. The lowest BCUT2D eigenvalue weighted by Crippen LogP contribution is -2.37. The van der Waals surface area contributed by atoms with Crippen LogP contribution in [0.25, 0.3) is 21.7 Å². The molecule has 6 nitrogen and oxygen atoms in total. The normalized spacial score (nSPS) is 15.4. The highest BCUT2D eigenvalue weighted by molar-refractivity contribution is 6.07. The molecular formula is C23H16O6. The zero-order chi connectivity index (χ0) is 19.8. The molecule has 0 N–H and O–H groups in total. The van der Waals surface area contributed by atoms with Crippen molar-refractivity contribution >= 4 is 27.7 Å². The van der Waals surface area contributed by atoms with E-state index in [0.717, 1.165) is 16.2 Å². The van der Waals surface area contributed by atoms with Gasteiger partial charge in [0.05, 0.1) is 0 Å². The number of ether oxygens (including phenoxy) is 3. The van der Waals surface area contributed by atoms with Crippen molar-refractivity contribution in [2.24, 2.45) is 0 Å². The third-order valence-electron chi connectivity index (χ3n) is 4.86. The summed E-state index contributed by atoms with van der Waals surface area (Å²) >= 11 is 0. The molecule has 0 bridgehead atoms. The molecule has 29 heavy (non-hydrogen) atoms. The number of carbonyl (C=O) groups excluding carboxylic acids is 1. The van der Waals surface area contributed by atoms with Gasteiger partial charge in [-0.05, 0) is 29.0 Å². The zero-order valence-corrected chi connectivity index (χ0v) is 15.3. The molecule has 1 aliphatic heterocycles. The van der Waals surface area contributed by atoms with Gasteiger partial charge in [0, 0.05) is 17.0 Å². The molecule has 0 aliphatic carbocycles. The van der Waals surface area contributed by atoms with E-state index in [-0.39, 0.29) is 13.2 Å². The highest BCUT2D eigenvalue weighted by Crippen LogP contribution is 2.31. The molecule has 0 fully saturated rings. The Morgan fingerprint density at radius 1 is 1.00 bits per heavy atom. The summed E-state index contributed by atoms with van der Waals surface area (Å²) < 4.78 is 22.1. The van der Waals surface area contributed by atoms with Crippen LogP contribution >= 0.6 is 0 Å². The van der Waals surface area contributed by atoms with Gasteiger partial charge in [0.25, 0.3) is 0 Å². The molecule has 1 aliphatic rings. The first-order valence-electron chi connectivity index (χ1n) is 9.19. The van der Waals surface area contributed by atoms with E-state index < -0.39 is 17.7 Å². The zero-order valence-electron chi connectivity index (χ0n) is 15.3. The third kappa shape index (κ3) is 3.18. The fraction of sp³-hybridized carbons (Fsp3) is 0.130. The highest BCUT2D eigenvalue weighted by atomic mass is 16.6. The van der Waals surface area contributed by atoms with Gasteiger partial charge in [-0.15, -0.1) is 0 Å². The molecule has 0 radical (unpaired) electrons. The van der Waals surface area contributed by atoms with Crippen molar-refractivity contribution in [1.82, 2.24) is 0 Å². The Morgan fingerprint density at radius 3 is 2.69 bits per heavy atom. The molecule has 0 saturated heterocycles. The molecule has 1 aromatic heterocycles. The van der Waals surface area contributed by atoms with Gasteiger partial charge in [-0.2, -0.15) is 0 Å². The maximum absolute atomic E-state index is 12.5. The first kappa shape index (κ1) is 17.3. The van der Waals surface area contributed by atoms with Crippen molar-refractivity contribution < 1.29 is 23.4 Å². The predicted molar refractivity (Wildman–Crippen MR) is 106 cm³/mol. The van der Waals surface area contributed by atoms with Gasteiger partial charge in [0.2, 0.25) is 6.10 Å². The number of para-hydroxylation sites is 2. The number of esters is 1. The molecule has 1 unspecified atom stereocenters. The lowest BCUT2D eigenvalue weighted by molar-refractivity contribution is -0.155. The van der Waals surface area contributed by atoms with E-state index in [1.165, 1.54) is 6.07 Å². The van der Waals surface area contributed by atoms with Gasteiger partial charge in [-0.25, -0.2) is 9.59 Å². The molecule has 4 aromatic rings. The van der Waals surface area contributed by atoms with Gasteiger partial charge in [-0.3, -0.25) is 0 Å². The largest absolute Gasteiger partial charge is 0.485 e. The summed E-state index contributed by atoms with van der Waals surface area (Å²) in [4.78, 5) is 24.5. The predicted octanol–water partition coefficient (Wildman–Crippen LogP) is 3.83. The average Bonchev–Trinajstić information content (AvgIpc) is 2.76. The summed E-state index contributed by atoms with van der Waals surface area (Å²) in [6, 6.07) is 19.9. The van der Waals surface area contributed by atoms with Crippen LogP contribution in [0.3, 0.4) is 0 Å². The highest BCUT2D eigenvalue weighted by Gasteiger charge is 2.29. The number of hydrogen-bond acceptors (Lipinski definition) is 6. The number of hydrogen-bond donors (Lipinski definition) is 0. The number of carbonyl (C=O) groups is 1. The molecular weight excluding hydrogens is 372 g/mol. The van der Waals surface area contributed by atoms with Crippen LogP contribution in [-0.2, 0) is 16.1 Å².